The molecule has 0 amide bonds. The predicted octanol–water partition coefficient (Wildman–Crippen LogP) is 0.515. The topological polar surface area (TPSA) is 52.9 Å². The summed E-state index contributed by atoms with van der Waals surface area (Å²) < 4.78 is 19.1. The van der Waals surface area contributed by atoms with Crippen LogP contribution in [-0.4, -0.2) is 42.6 Å². The minimum atomic E-state index is -0.352. The summed E-state index contributed by atoms with van der Waals surface area (Å²) in [6.07, 6.45) is -0.263. The van der Waals surface area contributed by atoms with E-state index >= 15 is 0 Å². The average molecular weight is 241 g/mol. The highest BCUT2D eigenvalue weighted by molar-refractivity contribution is 5.49. The van der Waals surface area contributed by atoms with E-state index in [4.69, 9.17) is 14.9 Å². The molecular weight excluding hydrogens is 225 g/mol. The molecule has 1 aliphatic rings. The van der Waals surface area contributed by atoms with Crippen molar-refractivity contribution in [2.75, 3.05) is 31.2 Å². The maximum Gasteiger partial charge on any atom is 0.146 e. The Hall–Kier alpha value is -1.17. The molecular formula is C12H16FNO3. The van der Waals surface area contributed by atoms with Crippen LogP contribution < -0.4 is 4.90 Å². The summed E-state index contributed by atoms with van der Waals surface area (Å²) in [5.74, 6) is -0.352. The SMILES string of the molecule is OCc1ccc(N2CCOC(CO)C2)c(F)c1. The van der Waals surface area contributed by atoms with Crippen LogP contribution in [0.1, 0.15) is 5.56 Å². The largest absolute Gasteiger partial charge is 0.394 e. The molecule has 0 radical (unpaired) electrons. The van der Waals surface area contributed by atoms with Gasteiger partial charge in [0.15, 0.2) is 0 Å². The molecule has 1 aromatic rings. The molecule has 1 heterocycles. The van der Waals surface area contributed by atoms with E-state index in [1.54, 1.807) is 12.1 Å². The van der Waals surface area contributed by atoms with Gasteiger partial charge in [-0.3, -0.25) is 0 Å². The number of hydrogen-bond acceptors (Lipinski definition) is 4. The van der Waals surface area contributed by atoms with Crippen LogP contribution in [0.3, 0.4) is 0 Å². The van der Waals surface area contributed by atoms with Crippen molar-refractivity contribution in [1.29, 1.82) is 0 Å². The van der Waals surface area contributed by atoms with Gasteiger partial charge < -0.3 is 19.8 Å². The van der Waals surface area contributed by atoms with Gasteiger partial charge in [-0.2, -0.15) is 0 Å². The minimum absolute atomic E-state index is 0.0627. The third-order valence-electron chi connectivity index (χ3n) is 2.88. The van der Waals surface area contributed by atoms with Gasteiger partial charge in [-0.1, -0.05) is 6.07 Å². The normalized spacial score (nSPS) is 20.6. The summed E-state index contributed by atoms with van der Waals surface area (Å²) in [6, 6.07) is 4.68. The first-order valence-electron chi connectivity index (χ1n) is 5.61. The number of anilines is 1. The second-order valence-corrected chi connectivity index (χ2v) is 4.07. The molecule has 2 N–H and O–H groups in total. The lowest BCUT2D eigenvalue weighted by Crippen LogP contribution is -2.44. The van der Waals surface area contributed by atoms with Crippen molar-refractivity contribution < 1.29 is 19.3 Å². The first kappa shape index (κ1) is 12.3. The molecule has 1 aliphatic heterocycles. The Morgan fingerprint density at radius 2 is 2.24 bits per heavy atom. The molecule has 1 aromatic carbocycles. The van der Waals surface area contributed by atoms with Gasteiger partial charge >= 0.3 is 0 Å². The standard InChI is InChI=1S/C12H16FNO3/c13-11-5-9(7-15)1-2-12(11)14-3-4-17-10(6-14)8-16/h1-2,5,10,15-16H,3-4,6-8H2. The van der Waals surface area contributed by atoms with Crippen LogP contribution in [0.2, 0.25) is 0 Å². The van der Waals surface area contributed by atoms with Gasteiger partial charge in [-0.15, -0.1) is 0 Å². The molecule has 1 unspecified atom stereocenters. The zero-order valence-corrected chi connectivity index (χ0v) is 9.47. The lowest BCUT2D eigenvalue weighted by atomic mass is 10.1. The van der Waals surface area contributed by atoms with E-state index in [1.807, 2.05) is 4.90 Å². The van der Waals surface area contributed by atoms with Crippen LogP contribution in [0.5, 0.6) is 0 Å². The van der Waals surface area contributed by atoms with E-state index in [9.17, 15) is 4.39 Å². The summed E-state index contributed by atoms with van der Waals surface area (Å²) in [6.45, 7) is 1.33. The number of rotatable bonds is 3. The van der Waals surface area contributed by atoms with E-state index in [2.05, 4.69) is 0 Å². The zero-order valence-electron chi connectivity index (χ0n) is 9.47. The molecule has 1 saturated heterocycles. The smallest absolute Gasteiger partial charge is 0.146 e. The molecule has 0 aliphatic carbocycles. The first-order chi connectivity index (χ1) is 8.24. The Morgan fingerprint density at radius 1 is 1.41 bits per heavy atom. The third-order valence-corrected chi connectivity index (χ3v) is 2.88. The van der Waals surface area contributed by atoms with Crippen LogP contribution in [0.25, 0.3) is 0 Å². The van der Waals surface area contributed by atoms with Gasteiger partial charge in [0, 0.05) is 13.1 Å². The number of benzene rings is 1. The third kappa shape index (κ3) is 2.74. The van der Waals surface area contributed by atoms with E-state index in [1.165, 1.54) is 6.07 Å². The van der Waals surface area contributed by atoms with Crippen molar-refractivity contribution in [3.05, 3.63) is 29.6 Å². The van der Waals surface area contributed by atoms with Gasteiger partial charge in [-0.25, -0.2) is 4.39 Å². The van der Waals surface area contributed by atoms with Gasteiger partial charge in [0.1, 0.15) is 5.82 Å². The van der Waals surface area contributed by atoms with Crippen molar-refractivity contribution in [3.63, 3.8) is 0 Å². The highest BCUT2D eigenvalue weighted by atomic mass is 19.1. The summed E-state index contributed by atoms with van der Waals surface area (Å²) in [5.41, 5.74) is 1.04. The number of hydrogen-bond donors (Lipinski definition) is 2. The number of aliphatic hydroxyl groups excluding tert-OH is 2. The molecule has 94 valence electrons. The summed E-state index contributed by atoms with van der Waals surface area (Å²) >= 11 is 0. The van der Waals surface area contributed by atoms with E-state index < -0.39 is 0 Å². The van der Waals surface area contributed by atoms with Crippen molar-refractivity contribution in [2.24, 2.45) is 0 Å². The fourth-order valence-electron chi connectivity index (χ4n) is 1.95. The van der Waals surface area contributed by atoms with Crippen LogP contribution in [0.4, 0.5) is 10.1 Å². The monoisotopic (exact) mass is 241 g/mol. The fourth-order valence-corrected chi connectivity index (χ4v) is 1.95. The maximum atomic E-state index is 13.8. The molecule has 4 nitrogen and oxygen atoms in total. The summed E-state index contributed by atoms with van der Waals surface area (Å²) in [7, 11) is 0. The van der Waals surface area contributed by atoms with E-state index in [0.29, 0.717) is 30.9 Å². The molecule has 17 heavy (non-hydrogen) atoms. The molecule has 1 fully saturated rings. The van der Waals surface area contributed by atoms with Crippen LogP contribution in [0, 0.1) is 5.82 Å². The fraction of sp³-hybridized carbons (Fsp3) is 0.500. The van der Waals surface area contributed by atoms with E-state index in [0.717, 1.165) is 0 Å². The van der Waals surface area contributed by atoms with Gasteiger partial charge in [0.25, 0.3) is 0 Å². The van der Waals surface area contributed by atoms with Crippen LogP contribution in [0.15, 0.2) is 18.2 Å². The second-order valence-electron chi connectivity index (χ2n) is 4.07. The average Bonchev–Trinajstić information content (AvgIpc) is 2.38. The minimum Gasteiger partial charge on any atom is -0.394 e. The highest BCUT2D eigenvalue weighted by Gasteiger charge is 2.21. The van der Waals surface area contributed by atoms with Crippen molar-refractivity contribution in [2.45, 2.75) is 12.7 Å². The number of morpholine rings is 1. The lowest BCUT2D eigenvalue weighted by Gasteiger charge is -2.33. The van der Waals surface area contributed by atoms with Crippen molar-refractivity contribution >= 4 is 5.69 Å². The molecule has 2 rings (SSSR count). The second kappa shape index (κ2) is 5.44. The van der Waals surface area contributed by atoms with E-state index in [-0.39, 0.29) is 25.1 Å². The molecule has 0 aromatic heterocycles. The molecule has 5 heteroatoms. The molecule has 1 atom stereocenters. The van der Waals surface area contributed by atoms with Crippen molar-refractivity contribution in [1.82, 2.24) is 0 Å². The predicted molar refractivity (Wildman–Crippen MR) is 61.4 cm³/mol. The maximum absolute atomic E-state index is 13.8. The molecule has 0 saturated carbocycles. The Bertz CT molecular complexity index is 386. The number of aliphatic hydroxyl groups is 2. The molecule has 0 spiro atoms. The van der Waals surface area contributed by atoms with Gasteiger partial charge in [0.05, 0.1) is 31.6 Å². The Morgan fingerprint density at radius 3 is 2.88 bits per heavy atom. The zero-order chi connectivity index (χ0) is 12.3. The summed E-state index contributed by atoms with van der Waals surface area (Å²) in [4.78, 5) is 1.85. The first-order valence-corrected chi connectivity index (χ1v) is 5.61. The number of nitrogens with zero attached hydrogens (tertiary/aromatic N) is 1. The molecule has 0 bridgehead atoms. The summed E-state index contributed by atoms with van der Waals surface area (Å²) in [5, 5.41) is 17.9. The quantitative estimate of drug-likeness (QED) is 0.810. The van der Waals surface area contributed by atoms with Crippen molar-refractivity contribution in [3.8, 4) is 0 Å². The van der Waals surface area contributed by atoms with Crippen LogP contribution in [-0.2, 0) is 11.3 Å². The highest BCUT2D eigenvalue weighted by Crippen LogP contribution is 2.22. The van der Waals surface area contributed by atoms with Crippen LogP contribution >= 0.6 is 0 Å². The van der Waals surface area contributed by atoms with Gasteiger partial charge in [0.2, 0.25) is 0 Å². The van der Waals surface area contributed by atoms with Gasteiger partial charge in [-0.05, 0) is 17.7 Å². The number of ether oxygens (including phenoxy) is 1. The Labute approximate surface area is 99.2 Å². The Balaban J connectivity index is 2.16. The number of halogens is 1. The lowest BCUT2D eigenvalue weighted by molar-refractivity contribution is 0.00340. The Kier molecular flexibility index (Phi) is 3.93.